The lowest BCUT2D eigenvalue weighted by atomic mass is 9.77. The summed E-state index contributed by atoms with van der Waals surface area (Å²) < 4.78 is 17.8. The van der Waals surface area contributed by atoms with Crippen molar-refractivity contribution in [1.29, 1.82) is 0 Å². The number of ether oxygens (including phenoxy) is 3. The average molecular weight is 609 g/mol. The fourth-order valence-electron chi connectivity index (χ4n) is 7.51. The van der Waals surface area contributed by atoms with E-state index in [2.05, 4.69) is 4.90 Å². The molecule has 11 heteroatoms. The smallest absolute Gasteiger partial charge is 0.249 e. The van der Waals surface area contributed by atoms with E-state index in [1.165, 1.54) is 0 Å². The molecule has 3 amide bonds. The van der Waals surface area contributed by atoms with E-state index in [4.69, 9.17) is 14.2 Å². The number of carbonyl (C=O) groups is 3. The highest BCUT2D eigenvalue weighted by molar-refractivity contribution is 6.04. The number of amides is 3. The number of aliphatic hydroxyl groups excluding tert-OH is 1. The first-order valence-electron chi connectivity index (χ1n) is 15.9. The van der Waals surface area contributed by atoms with Gasteiger partial charge in [0.1, 0.15) is 17.4 Å². The van der Waals surface area contributed by atoms with Gasteiger partial charge in [-0.1, -0.05) is 38.2 Å². The summed E-state index contributed by atoms with van der Waals surface area (Å²) in [5, 5.41) is 10.5. The zero-order chi connectivity index (χ0) is 31.0. The summed E-state index contributed by atoms with van der Waals surface area (Å²) in [6, 6.07) is 5.75. The Kier molecular flexibility index (Phi) is 8.83. The first kappa shape index (κ1) is 30.8. The molecule has 238 valence electrons. The summed E-state index contributed by atoms with van der Waals surface area (Å²) in [6.45, 7) is 10.9. The van der Waals surface area contributed by atoms with Crippen molar-refractivity contribution in [3.05, 3.63) is 48.6 Å². The van der Waals surface area contributed by atoms with Crippen molar-refractivity contribution in [2.24, 2.45) is 17.8 Å². The van der Waals surface area contributed by atoms with E-state index in [-0.39, 0.29) is 30.2 Å². The third-order valence-corrected chi connectivity index (χ3v) is 9.74. The van der Waals surface area contributed by atoms with Gasteiger partial charge in [-0.3, -0.25) is 19.3 Å². The Morgan fingerprint density at radius 1 is 1.00 bits per heavy atom. The van der Waals surface area contributed by atoms with Crippen molar-refractivity contribution in [1.82, 2.24) is 14.7 Å². The van der Waals surface area contributed by atoms with E-state index in [0.29, 0.717) is 57.4 Å². The molecule has 3 fully saturated rings. The van der Waals surface area contributed by atoms with E-state index in [0.717, 1.165) is 13.1 Å². The summed E-state index contributed by atoms with van der Waals surface area (Å²) in [4.78, 5) is 50.8. The van der Waals surface area contributed by atoms with Gasteiger partial charge in [0.05, 0.1) is 50.4 Å². The number of morpholine rings is 1. The second-order valence-electron chi connectivity index (χ2n) is 12.5. The number of nitrogens with zero attached hydrogens (tertiary/aromatic N) is 4. The standard InChI is InChI=1S/C33H44N4O7/c1-4-43-24-10-8-23(9-11-24)36-14-5-7-26-27(30(36)39)28-31(40)37(25(21-38)22(2)3)29-32(41)35(13-6-12-33(28,29)44-26)16-15-34-17-19-42-20-18-34/h5-12,22,25-29,38H,4,13-21H2,1-3H3/t25-,26+,27-,28-,29?,33-/m0/s1. The Balaban J connectivity index is 1.35. The molecule has 6 atom stereocenters. The molecule has 0 bridgehead atoms. The second-order valence-corrected chi connectivity index (χ2v) is 12.5. The molecule has 5 aliphatic rings. The van der Waals surface area contributed by atoms with Gasteiger partial charge in [0, 0.05) is 45.0 Å². The molecule has 0 saturated carbocycles. The van der Waals surface area contributed by atoms with Gasteiger partial charge in [0.2, 0.25) is 17.7 Å². The van der Waals surface area contributed by atoms with Crippen LogP contribution in [-0.4, -0.2) is 127 Å². The van der Waals surface area contributed by atoms with E-state index < -0.39 is 35.6 Å². The maximum atomic E-state index is 14.6. The topological polar surface area (TPSA) is 112 Å². The Morgan fingerprint density at radius 2 is 1.75 bits per heavy atom. The summed E-state index contributed by atoms with van der Waals surface area (Å²) in [7, 11) is 0. The molecule has 11 nitrogen and oxygen atoms in total. The van der Waals surface area contributed by atoms with Crippen LogP contribution in [0.25, 0.3) is 0 Å². The van der Waals surface area contributed by atoms with Crippen molar-refractivity contribution >= 4 is 23.4 Å². The first-order valence-corrected chi connectivity index (χ1v) is 15.9. The summed E-state index contributed by atoms with van der Waals surface area (Å²) in [6.07, 6.45) is 6.87. The number of rotatable bonds is 9. The number of fused-ring (bicyclic) bond motifs is 2. The molecule has 44 heavy (non-hydrogen) atoms. The molecule has 3 saturated heterocycles. The molecule has 1 aromatic carbocycles. The predicted octanol–water partition coefficient (Wildman–Crippen LogP) is 1.32. The van der Waals surface area contributed by atoms with Crippen molar-refractivity contribution in [3.63, 3.8) is 0 Å². The summed E-state index contributed by atoms with van der Waals surface area (Å²) in [5.41, 5.74) is -0.637. The van der Waals surface area contributed by atoms with Crippen LogP contribution in [0.4, 0.5) is 5.69 Å². The molecule has 0 aromatic heterocycles. The van der Waals surface area contributed by atoms with Gasteiger partial charge in [-0.05, 0) is 37.1 Å². The Labute approximate surface area is 259 Å². The van der Waals surface area contributed by atoms with Crippen molar-refractivity contribution < 1.29 is 33.7 Å². The number of carbonyl (C=O) groups excluding carboxylic acids is 3. The molecule has 6 rings (SSSR count). The molecule has 1 aromatic rings. The van der Waals surface area contributed by atoms with Gasteiger partial charge in [-0.25, -0.2) is 0 Å². The van der Waals surface area contributed by atoms with Crippen LogP contribution in [-0.2, 0) is 23.9 Å². The number of hydrogen-bond acceptors (Lipinski definition) is 8. The monoisotopic (exact) mass is 608 g/mol. The minimum absolute atomic E-state index is 0.123. The average Bonchev–Trinajstić information content (AvgIpc) is 3.34. The molecule has 5 aliphatic heterocycles. The van der Waals surface area contributed by atoms with Crippen LogP contribution in [0.1, 0.15) is 20.8 Å². The lowest BCUT2D eigenvalue weighted by Crippen LogP contribution is -2.59. The summed E-state index contributed by atoms with van der Waals surface area (Å²) in [5.74, 6) is -1.91. The Bertz CT molecular complexity index is 1290. The second kappa shape index (κ2) is 12.6. The lowest BCUT2D eigenvalue weighted by Gasteiger charge is -2.40. The molecule has 0 aliphatic carbocycles. The van der Waals surface area contributed by atoms with E-state index >= 15 is 0 Å². The van der Waals surface area contributed by atoms with Gasteiger partial charge in [0.15, 0.2) is 0 Å². The Morgan fingerprint density at radius 3 is 2.43 bits per heavy atom. The maximum Gasteiger partial charge on any atom is 0.249 e. The quantitative estimate of drug-likeness (QED) is 0.418. The van der Waals surface area contributed by atoms with Crippen LogP contribution in [0.3, 0.4) is 0 Å². The van der Waals surface area contributed by atoms with Crippen LogP contribution < -0.4 is 9.64 Å². The third-order valence-electron chi connectivity index (χ3n) is 9.74. The van der Waals surface area contributed by atoms with Gasteiger partial charge < -0.3 is 34.0 Å². The van der Waals surface area contributed by atoms with Gasteiger partial charge >= 0.3 is 0 Å². The first-order chi connectivity index (χ1) is 21.3. The van der Waals surface area contributed by atoms with Crippen molar-refractivity contribution in [2.75, 3.05) is 70.6 Å². The minimum atomic E-state index is -1.33. The zero-order valence-electron chi connectivity index (χ0n) is 25.8. The van der Waals surface area contributed by atoms with Crippen molar-refractivity contribution in [2.45, 2.75) is 44.6 Å². The van der Waals surface area contributed by atoms with Crippen LogP contribution in [0.2, 0.25) is 0 Å². The molecular formula is C33H44N4O7. The third kappa shape index (κ3) is 5.23. The highest BCUT2D eigenvalue weighted by atomic mass is 16.5. The number of hydrogen-bond donors (Lipinski definition) is 1. The van der Waals surface area contributed by atoms with Crippen LogP contribution in [0, 0.1) is 17.8 Å². The highest BCUT2D eigenvalue weighted by Crippen LogP contribution is 2.54. The number of aliphatic hydroxyl groups is 1. The highest BCUT2D eigenvalue weighted by Gasteiger charge is 2.72. The molecular weight excluding hydrogens is 564 g/mol. The van der Waals surface area contributed by atoms with Crippen molar-refractivity contribution in [3.8, 4) is 5.75 Å². The maximum absolute atomic E-state index is 14.6. The lowest BCUT2D eigenvalue weighted by molar-refractivity contribution is -0.151. The van der Waals surface area contributed by atoms with E-state index in [1.807, 2.05) is 69.3 Å². The van der Waals surface area contributed by atoms with Crippen LogP contribution in [0.5, 0.6) is 5.75 Å². The molecule has 1 N–H and O–H groups in total. The SMILES string of the molecule is CCOc1ccc(N2CC=C[C@H]3O[C@]45C=CCN(CCN6CCOCC6)C(=O)C4N([C@@H](CO)C(C)C)C(=O)[C@@H]5[C@H]3C2=O)cc1. The van der Waals surface area contributed by atoms with Crippen LogP contribution in [0.15, 0.2) is 48.6 Å². The summed E-state index contributed by atoms with van der Waals surface area (Å²) >= 11 is 0. The fourth-order valence-corrected chi connectivity index (χ4v) is 7.51. The molecule has 1 spiro atoms. The van der Waals surface area contributed by atoms with Crippen LogP contribution >= 0.6 is 0 Å². The van der Waals surface area contributed by atoms with E-state index in [1.54, 1.807) is 14.7 Å². The van der Waals surface area contributed by atoms with E-state index in [9.17, 15) is 19.5 Å². The number of likely N-dealkylation sites (tertiary alicyclic amines) is 1. The molecule has 5 heterocycles. The molecule has 1 unspecified atom stereocenters. The fraction of sp³-hybridized carbons (Fsp3) is 0.606. The number of benzene rings is 1. The Hall–Kier alpha value is -3.25. The largest absolute Gasteiger partial charge is 0.494 e. The van der Waals surface area contributed by atoms with Gasteiger partial charge in [-0.15, -0.1) is 0 Å². The number of anilines is 1. The van der Waals surface area contributed by atoms with Gasteiger partial charge in [-0.2, -0.15) is 0 Å². The molecule has 0 radical (unpaired) electrons. The normalized spacial score (nSPS) is 31.2. The van der Waals surface area contributed by atoms with Gasteiger partial charge in [0.25, 0.3) is 0 Å². The zero-order valence-corrected chi connectivity index (χ0v) is 25.8. The predicted molar refractivity (Wildman–Crippen MR) is 163 cm³/mol. The minimum Gasteiger partial charge on any atom is -0.494 e.